The molecule has 0 aromatic heterocycles. The Morgan fingerprint density at radius 1 is 1.09 bits per heavy atom. The lowest BCUT2D eigenvalue weighted by molar-refractivity contribution is 0.0650. The summed E-state index contributed by atoms with van der Waals surface area (Å²) in [5.74, 6) is 0. The van der Waals surface area contributed by atoms with Gasteiger partial charge in [-0.1, -0.05) is 0 Å². The lowest BCUT2D eigenvalue weighted by Crippen LogP contribution is -2.03. The molecule has 4 heteroatoms. The van der Waals surface area contributed by atoms with Gasteiger partial charge in [0.15, 0.2) is 0 Å². The number of hydrogen-bond acceptors (Lipinski definition) is 4. The molecule has 0 unspecified atom stereocenters. The van der Waals surface area contributed by atoms with Crippen LogP contribution in [0, 0.1) is 0 Å². The third-order valence-electron chi connectivity index (χ3n) is 0.471. The second kappa shape index (κ2) is 12.5. The zero-order valence-corrected chi connectivity index (χ0v) is 7.16. The summed E-state index contributed by atoms with van der Waals surface area (Å²) in [7, 11) is 0. The molecule has 70 valence electrons. The number of hydrogen-bond donors (Lipinski definition) is 3. The summed E-state index contributed by atoms with van der Waals surface area (Å²) < 4.78 is 4.63. The standard InChI is InChI=1S/C4H10O3.C3H8O/c5-1-3-7-4-2-6;1-3(2)4/h5-6H,1-4H2;3-4H,1-2H3. The molecule has 0 heterocycles. The van der Waals surface area contributed by atoms with E-state index in [1.165, 1.54) is 0 Å². The van der Waals surface area contributed by atoms with Crippen molar-refractivity contribution in [3.05, 3.63) is 0 Å². The van der Waals surface area contributed by atoms with Gasteiger partial charge in [-0.3, -0.25) is 0 Å². The molecule has 3 N–H and O–H groups in total. The number of ether oxygens (including phenoxy) is 1. The first-order chi connectivity index (χ1) is 5.15. The molecule has 0 aliphatic carbocycles. The largest absolute Gasteiger partial charge is 0.394 e. The quantitative estimate of drug-likeness (QED) is 0.487. The van der Waals surface area contributed by atoms with Gasteiger partial charge in [0.2, 0.25) is 0 Å². The Labute approximate surface area is 67.4 Å². The smallest absolute Gasteiger partial charge is 0.0698 e. The topological polar surface area (TPSA) is 69.9 Å². The van der Waals surface area contributed by atoms with Gasteiger partial charge in [0.05, 0.1) is 26.4 Å². The zero-order valence-electron chi connectivity index (χ0n) is 7.16. The summed E-state index contributed by atoms with van der Waals surface area (Å²) >= 11 is 0. The number of aliphatic hydroxyl groups excluding tert-OH is 3. The maximum Gasteiger partial charge on any atom is 0.0698 e. The van der Waals surface area contributed by atoms with E-state index in [1.54, 1.807) is 13.8 Å². The molecular formula is C7H18O4. The third kappa shape index (κ3) is 41.0. The van der Waals surface area contributed by atoms with E-state index in [0.717, 1.165) is 0 Å². The van der Waals surface area contributed by atoms with Crippen LogP contribution in [0.1, 0.15) is 13.8 Å². The van der Waals surface area contributed by atoms with Crippen LogP contribution in [-0.4, -0.2) is 47.9 Å². The summed E-state index contributed by atoms with van der Waals surface area (Å²) in [5.41, 5.74) is 0. The van der Waals surface area contributed by atoms with Crippen molar-refractivity contribution in [1.29, 1.82) is 0 Å². The van der Waals surface area contributed by atoms with Crippen LogP contribution in [0.5, 0.6) is 0 Å². The highest BCUT2D eigenvalue weighted by Gasteiger charge is 1.79. The van der Waals surface area contributed by atoms with Crippen molar-refractivity contribution in [1.82, 2.24) is 0 Å². The maximum atomic E-state index is 8.09. The van der Waals surface area contributed by atoms with E-state index in [2.05, 4.69) is 4.74 Å². The van der Waals surface area contributed by atoms with Gasteiger partial charge in [0.25, 0.3) is 0 Å². The first-order valence-corrected chi connectivity index (χ1v) is 3.62. The minimum Gasteiger partial charge on any atom is -0.394 e. The first kappa shape index (κ1) is 13.4. The molecule has 0 fully saturated rings. The predicted molar refractivity (Wildman–Crippen MR) is 42.3 cm³/mol. The minimum absolute atomic E-state index is 0.0278. The highest BCUT2D eigenvalue weighted by molar-refractivity contribution is 4.24. The second-order valence-corrected chi connectivity index (χ2v) is 2.15. The van der Waals surface area contributed by atoms with Gasteiger partial charge in [-0.25, -0.2) is 0 Å². The fourth-order valence-corrected chi connectivity index (χ4v) is 0.231. The second-order valence-electron chi connectivity index (χ2n) is 2.15. The SMILES string of the molecule is CC(C)O.OCCOCCO. The van der Waals surface area contributed by atoms with E-state index in [-0.39, 0.29) is 19.3 Å². The Morgan fingerprint density at radius 3 is 1.55 bits per heavy atom. The van der Waals surface area contributed by atoms with Crippen molar-refractivity contribution in [2.45, 2.75) is 20.0 Å². The summed E-state index contributed by atoms with van der Waals surface area (Å²) in [6, 6.07) is 0. The van der Waals surface area contributed by atoms with Gasteiger partial charge in [-0.15, -0.1) is 0 Å². The van der Waals surface area contributed by atoms with Gasteiger partial charge in [0, 0.05) is 6.10 Å². The fraction of sp³-hybridized carbons (Fsp3) is 1.00. The van der Waals surface area contributed by atoms with Crippen molar-refractivity contribution >= 4 is 0 Å². The highest BCUT2D eigenvalue weighted by Crippen LogP contribution is 1.68. The molecular weight excluding hydrogens is 148 g/mol. The average molecular weight is 166 g/mol. The summed E-state index contributed by atoms with van der Waals surface area (Å²) in [6.07, 6.45) is -0.167. The lowest BCUT2D eigenvalue weighted by Gasteiger charge is -1.94. The molecule has 0 amide bonds. The Kier molecular flexibility index (Phi) is 15.3. The molecule has 0 radical (unpaired) electrons. The van der Waals surface area contributed by atoms with Crippen molar-refractivity contribution in [3.63, 3.8) is 0 Å². The molecule has 0 aliphatic heterocycles. The van der Waals surface area contributed by atoms with E-state index < -0.39 is 0 Å². The zero-order chi connectivity index (χ0) is 9.11. The number of aliphatic hydroxyl groups is 3. The van der Waals surface area contributed by atoms with E-state index in [1.807, 2.05) is 0 Å². The molecule has 0 saturated carbocycles. The Morgan fingerprint density at radius 2 is 1.36 bits per heavy atom. The van der Waals surface area contributed by atoms with E-state index >= 15 is 0 Å². The van der Waals surface area contributed by atoms with Gasteiger partial charge in [-0.05, 0) is 13.8 Å². The van der Waals surface area contributed by atoms with Crippen LogP contribution in [0.2, 0.25) is 0 Å². The maximum absolute atomic E-state index is 8.09. The van der Waals surface area contributed by atoms with Gasteiger partial charge >= 0.3 is 0 Å². The van der Waals surface area contributed by atoms with E-state index in [0.29, 0.717) is 13.2 Å². The molecule has 0 bridgehead atoms. The van der Waals surface area contributed by atoms with Gasteiger partial charge in [-0.2, -0.15) is 0 Å². The monoisotopic (exact) mass is 166 g/mol. The average Bonchev–Trinajstić information content (AvgIpc) is 1.88. The summed E-state index contributed by atoms with van der Waals surface area (Å²) in [4.78, 5) is 0. The van der Waals surface area contributed by atoms with Crippen LogP contribution >= 0.6 is 0 Å². The molecule has 0 aromatic carbocycles. The molecule has 11 heavy (non-hydrogen) atoms. The fourth-order valence-electron chi connectivity index (χ4n) is 0.231. The Hall–Kier alpha value is -0.160. The lowest BCUT2D eigenvalue weighted by atomic mass is 10.5. The first-order valence-electron chi connectivity index (χ1n) is 3.62. The predicted octanol–water partition coefficient (Wildman–Crippen LogP) is -0.625. The van der Waals surface area contributed by atoms with Crippen LogP contribution in [0.3, 0.4) is 0 Å². The highest BCUT2D eigenvalue weighted by atomic mass is 16.5. The van der Waals surface area contributed by atoms with Crippen molar-refractivity contribution < 1.29 is 20.1 Å². The molecule has 0 atom stereocenters. The molecule has 0 aromatic rings. The van der Waals surface area contributed by atoms with Crippen LogP contribution in [-0.2, 0) is 4.74 Å². The van der Waals surface area contributed by atoms with Crippen molar-refractivity contribution in [2.24, 2.45) is 0 Å². The van der Waals surface area contributed by atoms with Crippen LogP contribution in [0.25, 0.3) is 0 Å². The normalized spacial score (nSPS) is 9.27. The van der Waals surface area contributed by atoms with Crippen LogP contribution in [0.4, 0.5) is 0 Å². The minimum atomic E-state index is -0.167. The summed E-state index contributed by atoms with van der Waals surface area (Å²) in [5, 5.41) is 24.2. The summed E-state index contributed by atoms with van der Waals surface area (Å²) in [6.45, 7) is 4.14. The van der Waals surface area contributed by atoms with Crippen LogP contribution < -0.4 is 0 Å². The van der Waals surface area contributed by atoms with Gasteiger partial charge < -0.3 is 20.1 Å². The van der Waals surface area contributed by atoms with E-state index in [9.17, 15) is 0 Å². The van der Waals surface area contributed by atoms with E-state index in [4.69, 9.17) is 15.3 Å². The Balaban J connectivity index is 0. The Bertz CT molecular complexity index is 49.6. The molecule has 0 saturated heterocycles. The van der Waals surface area contributed by atoms with Crippen LogP contribution in [0.15, 0.2) is 0 Å². The van der Waals surface area contributed by atoms with Gasteiger partial charge in [0.1, 0.15) is 0 Å². The van der Waals surface area contributed by atoms with Crippen molar-refractivity contribution in [2.75, 3.05) is 26.4 Å². The molecule has 4 nitrogen and oxygen atoms in total. The van der Waals surface area contributed by atoms with Crippen molar-refractivity contribution in [3.8, 4) is 0 Å². The molecule has 0 aliphatic rings. The molecule has 0 rings (SSSR count). The third-order valence-corrected chi connectivity index (χ3v) is 0.471. The number of rotatable bonds is 4. The molecule has 0 spiro atoms.